The highest BCUT2D eigenvalue weighted by Gasteiger charge is 2.28. The number of fused-ring (bicyclic) bond motifs is 1. The normalized spacial score (nSPS) is 15.9. The van der Waals surface area contributed by atoms with Crippen LogP contribution in [0, 0.1) is 0 Å². The van der Waals surface area contributed by atoms with E-state index in [0.29, 0.717) is 10.8 Å². The van der Waals surface area contributed by atoms with Crippen LogP contribution in [0.2, 0.25) is 5.02 Å². The Bertz CT molecular complexity index is 868. The van der Waals surface area contributed by atoms with Crippen molar-refractivity contribution in [2.75, 3.05) is 19.1 Å². The van der Waals surface area contributed by atoms with E-state index in [1.54, 1.807) is 13.2 Å². The molecule has 1 heterocycles. The van der Waals surface area contributed by atoms with Crippen LogP contribution in [0.15, 0.2) is 47.5 Å². The Morgan fingerprint density at radius 1 is 1.16 bits per heavy atom. The first-order valence-electron chi connectivity index (χ1n) is 8.27. The first-order chi connectivity index (χ1) is 11.8. The van der Waals surface area contributed by atoms with Crippen molar-refractivity contribution >= 4 is 34.8 Å². The zero-order chi connectivity index (χ0) is 18.2. The van der Waals surface area contributed by atoms with Gasteiger partial charge < -0.3 is 9.64 Å². The topological polar surface area (TPSA) is 24.8 Å². The van der Waals surface area contributed by atoms with Crippen LogP contribution in [-0.2, 0) is 0 Å². The molecule has 0 spiro atoms. The van der Waals surface area contributed by atoms with Gasteiger partial charge in [0.1, 0.15) is 5.75 Å². The van der Waals surface area contributed by atoms with Gasteiger partial charge in [0.05, 0.1) is 23.4 Å². The summed E-state index contributed by atoms with van der Waals surface area (Å²) in [6, 6.07) is 12.0. The number of aliphatic imine (C=N–C) groups is 1. The minimum absolute atomic E-state index is 0.0204. The monoisotopic (exact) mass is 354 g/mol. The number of methoxy groups -OCH3 is 1. The maximum Gasteiger partial charge on any atom is 0.137 e. The lowest BCUT2D eigenvalue weighted by atomic mass is 9.89. The Hall–Kier alpha value is -2.26. The molecule has 130 valence electrons. The van der Waals surface area contributed by atoms with E-state index in [1.165, 1.54) is 16.8 Å². The van der Waals surface area contributed by atoms with Gasteiger partial charge in [-0.25, -0.2) is 0 Å². The highest BCUT2D eigenvalue weighted by atomic mass is 35.5. The number of benzene rings is 2. The maximum absolute atomic E-state index is 6.16. The Kier molecular flexibility index (Phi) is 4.61. The van der Waals surface area contributed by atoms with Gasteiger partial charge >= 0.3 is 0 Å². The Morgan fingerprint density at radius 2 is 1.92 bits per heavy atom. The fraction of sp³-hybridized carbons (Fsp3) is 0.286. The second-order valence-corrected chi connectivity index (χ2v) is 7.30. The first-order valence-corrected chi connectivity index (χ1v) is 8.65. The van der Waals surface area contributed by atoms with Crippen LogP contribution in [0.25, 0.3) is 5.57 Å². The summed E-state index contributed by atoms with van der Waals surface area (Å²) in [5.41, 5.74) is 5.67. The molecule has 0 N–H and O–H groups in total. The third kappa shape index (κ3) is 3.42. The molecule has 0 saturated carbocycles. The molecule has 0 fully saturated rings. The third-order valence-corrected chi connectivity index (χ3v) is 5.03. The van der Waals surface area contributed by atoms with Crippen LogP contribution >= 0.6 is 11.6 Å². The van der Waals surface area contributed by atoms with E-state index in [2.05, 4.69) is 62.0 Å². The van der Waals surface area contributed by atoms with Crippen molar-refractivity contribution in [3.63, 3.8) is 0 Å². The number of nitrogens with zero attached hydrogens (tertiary/aromatic N) is 2. The van der Waals surface area contributed by atoms with Gasteiger partial charge in [0.15, 0.2) is 0 Å². The van der Waals surface area contributed by atoms with Crippen molar-refractivity contribution < 1.29 is 4.74 Å². The second-order valence-electron chi connectivity index (χ2n) is 6.89. The third-order valence-electron chi connectivity index (χ3n) is 4.74. The quantitative estimate of drug-likeness (QED) is 0.657. The van der Waals surface area contributed by atoms with Crippen molar-refractivity contribution in [3.05, 3.63) is 58.6 Å². The second kappa shape index (κ2) is 6.57. The summed E-state index contributed by atoms with van der Waals surface area (Å²) < 4.78 is 5.17. The van der Waals surface area contributed by atoms with Crippen molar-refractivity contribution in [3.8, 4) is 5.75 Å². The van der Waals surface area contributed by atoms with E-state index in [-0.39, 0.29) is 5.54 Å². The lowest BCUT2D eigenvalue weighted by Gasteiger charge is -2.40. The lowest BCUT2D eigenvalue weighted by Crippen LogP contribution is -2.42. The number of ether oxygens (including phenoxy) is 1. The summed E-state index contributed by atoms with van der Waals surface area (Å²) in [6.07, 6.45) is 4.17. The maximum atomic E-state index is 6.16. The van der Waals surface area contributed by atoms with Gasteiger partial charge in [0, 0.05) is 24.5 Å². The summed E-state index contributed by atoms with van der Waals surface area (Å²) in [5, 5.41) is 0.560. The van der Waals surface area contributed by atoms with Crippen LogP contribution in [-0.4, -0.2) is 25.9 Å². The average molecular weight is 355 g/mol. The summed E-state index contributed by atoms with van der Waals surface area (Å²) in [7, 11) is 3.74. The molecule has 4 heteroatoms. The first kappa shape index (κ1) is 17.6. The number of anilines is 1. The molecule has 1 aliphatic rings. The molecular weight excluding hydrogens is 332 g/mol. The minimum Gasteiger partial charge on any atom is -0.495 e. The Labute approximate surface area is 154 Å². The summed E-state index contributed by atoms with van der Waals surface area (Å²) in [5.74, 6) is 0.654. The summed E-state index contributed by atoms with van der Waals surface area (Å²) in [4.78, 5) is 6.84. The van der Waals surface area contributed by atoms with E-state index in [1.807, 2.05) is 18.3 Å². The highest BCUT2D eigenvalue weighted by Crippen LogP contribution is 2.38. The van der Waals surface area contributed by atoms with Gasteiger partial charge in [-0.3, -0.25) is 4.99 Å². The van der Waals surface area contributed by atoms with Gasteiger partial charge in [-0.15, -0.1) is 0 Å². The number of likely N-dealkylation sites (N-methyl/N-ethyl adjacent to an activating group) is 1. The largest absolute Gasteiger partial charge is 0.495 e. The highest BCUT2D eigenvalue weighted by molar-refractivity contribution is 6.32. The zero-order valence-electron chi connectivity index (χ0n) is 15.3. The van der Waals surface area contributed by atoms with Crippen LogP contribution in [0.5, 0.6) is 5.75 Å². The van der Waals surface area contributed by atoms with E-state index >= 15 is 0 Å². The molecule has 0 radical (unpaired) electrons. The molecule has 0 aromatic heterocycles. The molecule has 0 atom stereocenters. The minimum atomic E-state index is 0.0204. The molecule has 0 unspecified atom stereocenters. The molecular formula is C21H23ClN2O. The fourth-order valence-corrected chi connectivity index (χ4v) is 3.39. The van der Waals surface area contributed by atoms with Crippen LogP contribution in [0.1, 0.15) is 31.9 Å². The van der Waals surface area contributed by atoms with Gasteiger partial charge in [-0.1, -0.05) is 23.7 Å². The molecule has 3 rings (SSSR count). The van der Waals surface area contributed by atoms with E-state index in [0.717, 1.165) is 11.3 Å². The van der Waals surface area contributed by atoms with Crippen molar-refractivity contribution in [1.29, 1.82) is 0 Å². The molecule has 2 aromatic rings. The number of allylic oxidation sites excluding steroid dienone is 1. The number of hydrogen-bond acceptors (Lipinski definition) is 3. The van der Waals surface area contributed by atoms with Gasteiger partial charge in [0.2, 0.25) is 0 Å². The average Bonchev–Trinajstić information content (AvgIpc) is 2.58. The van der Waals surface area contributed by atoms with Crippen molar-refractivity contribution in [1.82, 2.24) is 0 Å². The van der Waals surface area contributed by atoms with Crippen LogP contribution < -0.4 is 9.64 Å². The van der Waals surface area contributed by atoms with E-state index in [9.17, 15) is 0 Å². The Balaban J connectivity index is 1.91. The molecule has 1 aliphatic heterocycles. The predicted molar refractivity (Wildman–Crippen MR) is 108 cm³/mol. The molecule has 0 saturated heterocycles. The number of rotatable bonds is 3. The number of halogens is 1. The van der Waals surface area contributed by atoms with Crippen LogP contribution in [0.3, 0.4) is 0 Å². The number of hydrogen-bond donors (Lipinski definition) is 0. The molecule has 0 bridgehead atoms. The van der Waals surface area contributed by atoms with Crippen molar-refractivity contribution in [2.24, 2.45) is 4.99 Å². The lowest BCUT2D eigenvalue weighted by molar-refractivity contribution is 0.415. The molecule has 0 aliphatic carbocycles. The SMILES string of the molecule is COc1ccc(N=Cc2ccc3c(c2)C(C)=CC(C)(C)N3C)cc1Cl. The van der Waals surface area contributed by atoms with Gasteiger partial charge in [0.25, 0.3) is 0 Å². The summed E-state index contributed by atoms with van der Waals surface area (Å²) in [6.45, 7) is 6.61. The fourth-order valence-electron chi connectivity index (χ4n) is 3.14. The molecule has 25 heavy (non-hydrogen) atoms. The van der Waals surface area contributed by atoms with Gasteiger partial charge in [-0.05, 0) is 62.2 Å². The zero-order valence-corrected chi connectivity index (χ0v) is 16.1. The van der Waals surface area contributed by atoms with E-state index < -0.39 is 0 Å². The standard InChI is InChI=1S/C21H23ClN2O/c1-14-12-21(2,3)24(4)19-8-6-15(10-17(14)19)13-23-16-7-9-20(25-5)18(22)11-16/h6-13H,1-5H3. The van der Waals surface area contributed by atoms with Crippen LogP contribution in [0.4, 0.5) is 11.4 Å². The molecule has 3 nitrogen and oxygen atoms in total. The Morgan fingerprint density at radius 3 is 2.60 bits per heavy atom. The summed E-state index contributed by atoms with van der Waals surface area (Å²) >= 11 is 6.16. The predicted octanol–water partition coefficient (Wildman–Crippen LogP) is 5.73. The van der Waals surface area contributed by atoms with Gasteiger partial charge in [-0.2, -0.15) is 0 Å². The smallest absolute Gasteiger partial charge is 0.137 e. The van der Waals surface area contributed by atoms with E-state index in [4.69, 9.17) is 16.3 Å². The molecule has 2 aromatic carbocycles. The van der Waals surface area contributed by atoms with Crippen molar-refractivity contribution in [2.45, 2.75) is 26.3 Å². The molecule has 0 amide bonds.